The summed E-state index contributed by atoms with van der Waals surface area (Å²) in [4.78, 5) is 13.1. The Morgan fingerprint density at radius 1 is 1.62 bits per heavy atom. The summed E-state index contributed by atoms with van der Waals surface area (Å²) in [5, 5.41) is 2.99. The predicted molar refractivity (Wildman–Crippen MR) is 52.7 cm³/mol. The summed E-state index contributed by atoms with van der Waals surface area (Å²) in [5.74, 6) is 0.103. The van der Waals surface area contributed by atoms with Gasteiger partial charge in [0, 0.05) is 14.2 Å². The van der Waals surface area contributed by atoms with Crippen molar-refractivity contribution in [2.45, 2.75) is 19.9 Å². The molecule has 0 aromatic heterocycles. The van der Waals surface area contributed by atoms with E-state index in [9.17, 15) is 4.79 Å². The van der Waals surface area contributed by atoms with Gasteiger partial charge in [0.2, 0.25) is 5.91 Å². The van der Waals surface area contributed by atoms with Crippen LogP contribution in [-0.2, 0) is 9.53 Å². The number of carbonyl (C=O) groups excluding carboxylic acids is 1. The number of carbonyl (C=O) groups is 1. The van der Waals surface area contributed by atoms with Crippen molar-refractivity contribution in [3.63, 3.8) is 0 Å². The molecule has 0 fully saturated rings. The molecule has 0 aliphatic rings. The molecule has 1 unspecified atom stereocenters. The minimum Gasteiger partial charge on any atom is -0.383 e. The largest absolute Gasteiger partial charge is 0.383 e. The molecule has 13 heavy (non-hydrogen) atoms. The van der Waals surface area contributed by atoms with Crippen molar-refractivity contribution in [1.29, 1.82) is 0 Å². The van der Waals surface area contributed by atoms with E-state index in [0.717, 1.165) is 6.54 Å². The summed E-state index contributed by atoms with van der Waals surface area (Å²) in [5.41, 5.74) is 0. The number of hydrogen-bond acceptors (Lipinski definition) is 3. The van der Waals surface area contributed by atoms with Crippen LogP contribution in [0, 0.1) is 0 Å². The van der Waals surface area contributed by atoms with Crippen LogP contribution in [0.25, 0.3) is 0 Å². The average molecular weight is 188 g/mol. The summed E-state index contributed by atoms with van der Waals surface area (Å²) < 4.78 is 4.97. The maximum Gasteiger partial charge on any atom is 0.236 e. The lowest BCUT2D eigenvalue weighted by Crippen LogP contribution is -2.42. The third kappa shape index (κ3) is 4.85. The van der Waals surface area contributed by atoms with Gasteiger partial charge in [0.25, 0.3) is 0 Å². The molecule has 4 nitrogen and oxygen atoms in total. The Labute approximate surface area is 80.2 Å². The third-order valence-corrected chi connectivity index (χ3v) is 1.99. The molecule has 0 aromatic rings. The van der Waals surface area contributed by atoms with Crippen LogP contribution in [0.2, 0.25) is 0 Å². The zero-order valence-electron chi connectivity index (χ0n) is 8.96. The van der Waals surface area contributed by atoms with Crippen molar-refractivity contribution >= 4 is 5.91 Å². The second-order valence-electron chi connectivity index (χ2n) is 3.09. The van der Waals surface area contributed by atoms with E-state index >= 15 is 0 Å². The number of hydrogen-bond donors (Lipinski definition) is 1. The van der Waals surface area contributed by atoms with Gasteiger partial charge in [0.1, 0.15) is 0 Å². The first-order valence-electron chi connectivity index (χ1n) is 4.58. The van der Waals surface area contributed by atoms with E-state index in [1.54, 1.807) is 19.1 Å². The van der Waals surface area contributed by atoms with E-state index in [2.05, 4.69) is 5.32 Å². The van der Waals surface area contributed by atoms with Crippen molar-refractivity contribution in [2.75, 3.05) is 33.9 Å². The fraction of sp³-hybridized carbons (Fsp3) is 0.889. The molecule has 0 heterocycles. The van der Waals surface area contributed by atoms with Crippen LogP contribution in [0.3, 0.4) is 0 Å². The molecule has 0 rings (SSSR count). The van der Waals surface area contributed by atoms with Crippen LogP contribution in [0.4, 0.5) is 0 Å². The summed E-state index contributed by atoms with van der Waals surface area (Å²) in [6.07, 6.45) is 0. The van der Waals surface area contributed by atoms with Crippen molar-refractivity contribution in [1.82, 2.24) is 10.2 Å². The fourth-order valence-corrected chi connectivity index (χ4v) is 0.955. The summed E-state index contributed by atoms with van der Waals surface area (Å²) in [7, 11) is 3.43. The minimum atomic E-state index is 0.103. The Morgan fingerprint density at radius 2 is 2.23 bits per heavy atom. The summed E-state index contributed by atoms with van der Waals surface area (Å²) >= 11 is 0. The van der Waals surface area contributed by atoms with E-state index in [1.807, 2.05) is 13.8 Å². The smallest absolute Gasteiger partial charge is 0.236 e. The number of likely N-dealkylation sites (N-methyl/N-ethyl adjacent to an activating group) is 2. The zero-order valence-corrected chi connectivity index (χ0v) is 8.96. The minimum absolute atomic E-state index is 0.103. The van der Waals surface area contributed by atoms with Gasteiger partial charge in [0.05, 0.1) is 19.2 Å². The highest BCUT2D eigenvalue weighted by atomic mass is 16.5. The number of amides is 1. The maximum atomic E-state index is 11.4. The van der Waals surface area contributed by atoms with E-state index < -0.39 is 0 Å². The highest BCUT2D eigenvalue weighted by Gasteiger charge is 2.14. The molecule has 0 spiro atoms. The van der Waals surface area contributed by atoms with Crippen LogP contribution < -0.4 is 5.32 Å². The average Bonchev–Trinajstić information content (AvgIpc) is 2.13. The van der Waals surface area contributed by atoms with Crippen molar-refractivity contribution in [3.8, 4) is 0 Å². The fourth-order valence-electron chi connectivity index (χ4n) is 0.955. The second kappa shape index (κ2) is 6.86. The quantitative estimate of drug-likeness (QED) is 0.642. The van der Waals surface area contributed by atoms with Gasteiger partial charge >= 0.3 is 0 Å². The first-order valence-corrected chi connectivity index (χ1v) is 4.58. The van der Waals surface area contributed by atoms with Crippen molar-refractivity contribution in [3.05, 3.63) is 0 Å². The van der Waals surface area contributed by atoms with Crippen molar-refractivity contribution < 1.29 is 9.53 Å². The second-order valence-corrected chi connectivity index (χ2v) is 3.09. The Bertz CT molecular complexity index is 151. The zero-order chi connectivity index (χ0) is 10.3. The number of ether oxygens (including phenoxy) is 1. The Kier molecular flexibility index (Phi) is 6.54. The van der Waals surface area contributed by atoms with Crippen LogP contribution in [0.5, 0.6) is 0 Å². The number of methoxy groups -OCH3 is 1. The third-order valence-electron chi connectivity index (χ3n) is 1.99. The van der Waals surface area contributed by atoms with Gasteiger partial charge in [-0.2, -0.15) is 0 Å². The lowest BCUT2D eigenvalue weighted by molar-refractivity contribution is -0.131. The molecule has 0 saturated heterocycles. The van der Waals surface area contributed by atoms with E-state index in [1.165, 1.54) is 0 Å². The van der Waals surface area contributed by atoms with Crippen LogP contribution >= 0.6 is 0 Å². The van der Waals surface area contributed by atoms with Gasteiger partial charge in [-0.3, -0.25) is 4.79 Å². The summed E-state index contributed by atoms with van der Waals surface area (Å²) in [6, 6.07) is 0.135. The van der Waals surface area contributed by atoms with Gasteiger partial charge in [-0.25, -0.2) is 0 Å². The van der Waals surface area contributed by atoms with Gasteiger partial charge in [-0.1, -0.05) is 6.92 Å². The predicted octanol–water partition coefficient (Wildman–Crippen LogP) is 0.0892. The lowest BCUT2D eigenvalue weighted by atomic mass is 10.3. The molecule has 1 N–H and O–H groups in total. The summed E-state index contributed by atoms with van der Waals surface area (Å²) in [6.45, 7) is 5.74. The maximum absolute atomic E-state index is 11.4. The number of rotatable bonds is 6. The normalized spacial score (nSPS) is 12.6. The van der Waals surface area contributed by atoms with Crippen LogP contribution in [-0.4, -0.2) is 50.7 Å². The number of nitrogens with one attached hydrogen (secondary N) is 1. The molecule has 0 aliphatic heterocycles. The van der Waals surface area contributed by atoms with Gasteiger partial charge in [-0.05, 0) is 13.5 Å². The van der Waals surface area contributed by atoms with Crippen LogP contribution in [0.15, 0.2) is 0 Å². The molecule has 0 bridgehead atoms. The first-order chi connectivity index (χ1) is 6.13. The molecule has 0 saturated carbocycles. The molecular weight excluding hydrogens is 168 g/mol. The van der Waals surface area contributed by atoms with Crippen molar-refractivity contribution in [2.24, 2.45) is 0 Å². The molecule has 78 valence electrons. The monoisotopic (exact) mass is 188 g/mol. The Balaban J connectivity index is 3.79. The van der Waals surface area contributed by atoms with E-state index in [4.69, 9.17) is 4.74 Å². The Morgan fingerprint density at radius 3 is 2.69 bits per heavy atom. The molecule has 0 radical (unpaired) electrons. The molecule has 1 atom stereocenters. The molecule has 0 aliphatic carbocycles. The highest BCUT2D eigenvalue weighted by molar-refractivity contribution is 5.78. The Hall–Kier alpha value is -0.610. The van der Waals surface area contributed by atoms with E-state index in [0.29, 0.717) is 13.2 Å². The topological polar surface area (TPSA) is 41.6 Å². The van der Waals surface area contributed by atoms with Gasteiger partial charge < -0.3 is 15.0 Å². The SMILES string of the molecule is CCNCC(=O)N(C)C(C)COC. The number of nitrogens with zero attached hydrogens (tertiary/aromatic N) is 1. The van der Waals surface area contributed by atoms with E-state index in [-0.39, 0.29) is 11.9 Å². The lowest BCUT2D eigenvalue weighted by Gasteiger charge is -2.24. The molecule has 0 aromatic carbocycles. The standard InChI is InChI=1S/C9H20N2O2/c1-5-10-6-9(12)11(3)8(2)7-13-4/h8,10H,5-7H2,1-4H3. The van der Waals surface area contributed by atoms with Gasteiger partial charge in [0.15, 0.2) is 0 Å². The van der Waals surface area contributed by atoms with Crippen LogP contribution in [0.1, 0.15) is 13.8 Å². The highest BCUT2D eigenvalue weighted by Crippen LogP contribution is 1.95. The van der Waals surface area contributed by atoms with Gasteiger partial charge in [-0.15, -0.1) is 0 Å². The molecule has 1 amide bonds. The molecular formula is C9H20N2O2. The molecule has 4 heteroatoms. The first kappa shape index (κ1) is 12.4.